The third-order valence-corrected chi connectivity index (χ3v) is 3.85. The third-order valence-electron chi connectivity index (χ3n) is 3.85. The number of likely N-dealkylation sites (tertiary alicyclic amines) is 1. The van der Waals surface area contributed by atoms with Gasteiger partial charge in [-0.15, -0.1) is 0 Å². The van der Waals surface area contributed by atoms with Gasteiger partial charge in [0.25, 0.3) is 0 Å². The zero-order chi connectivity index (χ0) is 16.2. The van der Waals surface area contributed by atoms with Crippen LogP contribution in [0.4, 0.5) is 4.79 Å². The van der Waals surface area contributed by atoms with E-state index in [-0.39, 0.29) is 5.91 Å². The number of nitrogens with zero attached hydrogens (tertiary/aromatic N) is 1. The van der Waals surface area contributed by atoms with E-state index in [0.29, 0.717) is 13.1 Å². The van der Waals surface area contributed by atoms with Crippen molar-refractivity contribution in [1.82, 2.24) is 15.5 Å². The van der Waals surface area contributed by atoms with E-state index in [1.54, 1.807) is 13.8 Å². The summed E-state index contributed by atoms with van der Waals surface area (Å²) in [5.41, 5.74) is -0.490. The van der Waals surface area contributed by atoms with Crippen molar-refractivity contribution in [2.45, 2.75) is 52.6 Å². The summed E-state index contributed by atoms with van der Waals surface area (Å²) in [7, 11) is 0. The smallest absolute Gasteiger partial charge is 0.327 e. The van der Waals surface area contributed by atoms with Crippen molar-refractivity contribution in [3.8, 4) is 0 Å². The fourth-order valence-corrected chi connectivity index (χ4v) is 2.74. The van der Waals surface area contributed by atoms with E-state index in [4.69, 9.17) is 0 Å². The van der Waals surface area contributed by atoms with Crippen LogP contribution >= 0.6 is 0 Å². The molecule has 3 N–H and O–H groups in total. The second kappa shape index (κ2) is 6.78. The first-order valence-electron chi connectivity index (χ1n) is 7.28. The van der Waals surface area contributed by atoms with Crippen LogP contribution in [0.15, 0.2) is 0 Å². The number of aliphatic carboxylic acids is 1. The lowest BCUT2D eigenvalue weighted by Crippen LogP contribution is -2.60. The Labute approximate surface area is 125 Å². The summed E-state index contributed by atoms with van der Waals surface area (Å²) in [6.07, 6.45) is 1.50. The minimum absolute atomic E-state index is 0.283. The summed E-state index contributed by atoms with van der Waals surface area (Å²) in [6.45, 7) is 7.92. The summed E-state index contributed by atoms with van der Waals surface area (Å²) in [4.78, 5) is 36.8. The first-order chi connectivity index (χ1) is 9.70. The minimum atomic E-state index is -1.01. The highest BCUT2D eigenvalue weighted by Gasteiger charge is 2.44. The minimum Gasteiger partial charge on any atom is -0.480 e. The highest BCUT2D eigenvalue weighted by atomic mass is 16.4. The molecule has 2 unspecified atom stereocenters. The summed E-state index contributed by atoms with van der Waals surface area (Å²) < 4.78 is 0. The van der Waals surface area contributed by atoms with Gasteiger partial charge in [0.1, 0.15) is 12.1 Å². The van der Waals surface area contributed by atoms with Gasteiger partial charge in [-0.1, -0.05) is 13.8 Å². The Morgan fingerprint density at radius 3 is 2.52 bits per heavy atom. The third kappa shape index (κ3) is 4.09. The summed E-state index contributed by atoms with van der Waals surface area (Å²) in [6, 6.07) is -2.08. The Morgan fingerprint density at radius 1 is 1.38 bits per heavy atom. The zero-order valence-corrected chi connectivity index (χ0v) is 13.1. The van der Waals surface area contributed by atoms with Crippen LogP contribution < -0.4 is 10.6 Å². The Morgan fingerprint density at radius 2 is 2.00 bits per heavy atom. The van der Waals surface area contributed by atoms with E-state index in [9.17, 15) is 19.5 Å². The monoisotopic (exact) mass is 299 g/mol. The van der Waals surface area contributed by atoms with E-state index < -0.39 is 29.5 Å². The number of likely N-dealkylation sites (N-methyl/N-ethyl adjacent to an activating group) is 1. The van der Waals surface area contributed by atoms with Gasteiger partial charge in [-0.25, -0.2) is 9.59 Å². The fraction of sp³-hybridized carbons (Fsp3) is 0.786. The van der Waals surface area contributed by atoms with Gasteiger partial charge >= 0.3 is 12.0 Å². The number of carbonyl (C=O) groups is 3. The van der Waals surface area contributed by atoms with Crippen molar-refractivity contribution in [3.05, 3.63) is 0 Å². The van der Waals surface area contributed by atoms with Crippen LogP contribution in [0, 0.1) is 5.41 Å². The van der Waals surface area contributed by atoms with E-state index in [1.807, 2.05) is 13.8 Å². The molecule has 0 bridgehead atoms. The van der Waals surface area contributed by atoms with E-state index in [2.05, 4.69) is 10.6 Å². The molecule has 1 saturated heterocycles. The Bertz CT molecular complexity index is 422. The quantitative estimate of drug-likeness (QED) is 0.715. The highest BCUT2D eigenvalue weighted by molar-refractivity contribution is 5.88. The lowest BCUT2D eigenvalue weighted by molar-refractivity contribution is -0.148. The van der Waals surface area contributed by atoms with Crippen LogP contribution in [-0.4, -0.2) is 53.1 Å². The predicted octanol–water partition coefficient (Wildman–Crippen LogP) is 0.796. The zero-order valence-electron chi connectivity index (χ0n) is 13.1. The molecule has 0 spiro atoms. The van der Waals surface area contributed by atoms with Crippen LogP contribution in [0.25, 0.3) is 0 Å². The second-order valence-electron chi connectivity index (χ2n) is 6.09. The number of urea groups is 1. The number of piperidine rings is 1. The van der Waals surface area contributed by atoms with Gasteiger partial charge in [-0.2, -0.15) is 0 Å². The summed E-state index contributed by atoms with van der Waals surface area (Å²) in [5.74, 6) is -1.30. The number of hydrogen-bond acceptors (Lipinski definition) is 3. The Hall–Kier alpha value is -1.79. The SMILES string of the molecule is CCNC(=O)C(C)NC(=O)N1CCCC(C)(C)C1C(=O)O. The van der Waals surface area contributed by atoms with Crippen molar-refractivity contribution in [2.75, 3.05) is 13.1 Å². The van der Waals surface area contributed by atoms with Gasteiger partial charge in [0.05, 0.1) is 0 Å². The molecule has 7 heteroatoms. The molecular weight excluding hydrogens is 274 g/mol. The largest absolute Gasteiger partial charge is 0.480 e. The van der Waals surface area contributed by atoms with Crippen molar-refractivity contribution in [3.63, 3.8) is 0 Å². The molecule has 1 rings (SSSR count). The number of carboxylic acids is 1. The normalized spacial score (nSPS) is 22.3. The first kappa shape index (κ1) is 17.3. The fourth-order valence-electron chi connectivity index (χ4n) is 2.74. The maximum absolute atomic E-state index is 12.3. The van der Waals surface area contributed by atoms with E-state index >= 15 is 0 Å². The van der Waals surface area contributed by atoms with E-state index in [1.165, 1.54) is 4.90 Å². The van der Waals surface area contributed by atoms with Gasteiger partial charge in [-0.3, -0.25) is 4.79 Å². The second-order valence-corrected chi connectivity index (χ2v) is 6.09. The molecule has 1 heterocycles. The molecule has 0 aromatic heterocycles. The van der Waals surface area contributed by atoms with Crippen molar-refractivity contribution in [1.29, 1.82) is 0 Å². The molecule has 1 aliphatic rings. The Balaban J connectivity index is 2.79. The van der Waals surface area contributed by atoms with Gasteiger partial charge in [0.15, 0.2) is 0 Å². The molecule has 0 aromatic rings. The summed E-state index contributed by atoms with van der Waals surface area (Å²) >= 11 is 0. The lowest BCUT2D eigenvalue weighted by Gasteiger charge is -2.44. The van der Waals surface area contributed by atoms with Gasteiger partial charge in [0.2, 0.25) is 5.91 Å². The van der Waals surface area contributed by atoms with Crippen LogP contribution in [0.1, 0.15) is 40.5 Å². The topological polar surface area (TPSA) is 98.7 Å². The number of carboxylic acid groups (broad SMARTS) is 1. The lowest BCUT2D eigenvalue weighted by atomic mass is 9.76. The maximum Gasteiger partial charge on any atom is 0.327 e. The molecule has 1 fully saturated rings. The molecule has 0 aromatic carbocycles. The average Bonchev–Trinajstić information content (AvgIpc) is 2.36. The molecule has 3 amide bonds. The number of hydrogen-bond donors (Lipinski definition) is 3. The molecule has 21 heavy (non-hydrogen) atoms. The van der Waals surface area contributed by atoms with Crippen LogP contribution in [0.3, 0.4) is 0 Å². The van der Waals surface area contributed by atoms with Crippen LogP contribution in [0.2, 0.25) is 0 Å². The van der Waals surface area contributed by atoms with Crippen molar-refractivity contribution < 1.29 is 19.5 Å². The standard InChI is InChI=1S/C14H25N3O4/c1-5-15-11(18)9(2)16-13(21)17-8-6-7-14(3,4)10(17)12(19)20/h9-10H,5-8H2,1-4H3,(H,15,18)(H,16,21)(H,19,20). The number of amides is 3. The van der Waals surface area contributed by atoms with Crippen LogP contribution in [-0.2, 0) is 9.59 Å². The molecule has 1 aliphatic heterocycles. The summed E-state index contributed by atoms with van der Waals surface area (Å²) in [5, 5.41) is 14.6. The molecule has 120 valence electrons. The average molecular weight is 299 g/mol. The molecule has 2 atom stereocenters. The number of carbonyl (C=O) groups excluding carboxylic acids is 2. The highest BCUT2D eigenvalue weighted by Crippen LogP contribution is 2.35. The molecular formula is C14H25N3O4. The van der Waals surface area contributed by atoms with Crippen molar-refractivity contribution >= 4 is 17.9 Å². The molecule has 0 saturated carbocycles. The Kier molecular flexibility index (Phi) is 5.57. The molecule has 7 nitrogen and oxygen atoms in total. The van der Waals surface area contributed by atoms with Gasteiger partial charge < -0.3 is 20.6 Å². The number of nitrogens with one attached hydrogen (secondary N) is 2. The number of rotatable bonds is 4. The van der Waals surface area contributed by atoms with Gasteiger partial charge in [-0.05, 0) is 32.1 Å². The molecule has 0 aliphatic carbocycles. The molecule has 0 radical (unpaired) electrons. The van der Waals surface area contributed by atoms with Crippen molar-refractivity contribution in [2.24, 2.45) is 5.41 Å². The maximum atomic E-state index is 12.3. The van der Waals surface area contributed by atoms with E-state index in [0.717, 1.165) is 12.8 Å². The first-order valence-corrected chi connectivity index (χ1v) is 7.28. The predicted molar refractivity (Wildman–Crippen MR) is 77.8 cm³/mol. The van der Waals surface area contributed by atoms with Crippen LogP contribution in [0.5, 0.6) is 0 Å². The van der Waals surface area contributed by atoms with Gasteiger partial charge in [0, 0.05) is 13.1 Å².